The monoisotopic (exact) mass is 207 g/mol. The van der Waals surface area contributed by atoms with Crippen molar-refractivity contribution in [2.45, 2.75) is 25.7 Å². The van der Waals surface area contributed by atoms with Crippen molar-refractivity contribution in [3.05, 3.63) is 28.7 Å². The van der Waals surface area contributed by atoms with Gasteiger partial charge in [0.2, 0.25) is 0 Å². The van der Waals surface area contributed by atoms with Gasteiger partial charge in [0, 0.05) is 17.3 Å². The van der Waals surface area contributed by atoms with Crippen LogP contribution in [0.15, 0.2) is 12.3 Å². The molecule has 0 amide bonds. The minimum atomic E-state index is 0.614. The summed E-state index contributed by atoms with van der Waals surface area (Å²) in [6, 6.07) is 1.87. The van der Waals surface area contributed by atoms with Gasteiger partial charge in [-0.15, -0.1) is 0 Å². The molecule has 0 radical (unpaired) electrons. The summed E-state index contributed by atoms with van der Waals surface area (Å²) >= 11 is 6.28. The Morgan fingerprint density at radius 2 is 2.29 bits per heavy atom. The molecule has 0 bridgehead atoms. The van der Waals surface area contributed by atoms with Crippen molar-refractivity contribution in [2.75, 3.05) is 0 Å². The molecule has 0 atom stereocenters. The molecule has 2 heterocycles. The highest BCUT2D eigenvalue weighted by Crippen LogP contribution is 2.44. The Hall–Kier alpha value is -1.09. The molecule has 3 nitrogen and oxygen atoms in total. The van der Waals surface area contributed by atoms with Gasteiger partial charge in [0.25, 0.3) is 0 Å². The van der Waals surface area contributed by atoms with Gasteiger partial charge < -0.3 is 0 Å². The smallest absolute Gasteiger partial charge is 0.156 e. The number of halogens is 1. The summed E-state index contributed by atoms with van der Waals surface area (Å²) in [5, 5.41) is 4.89. The second-order valence-electron chi connectivity index (χ2n) is 3.78. The highest BCUT2D eigenvalue weighted by Gasteiger charge is 2.29. The summed E-state index contributed by atoms with van der Waals surface area (Å²) < 4.78 is 1.71. The predicted octanol–water partition coefficient (Wildman–Crippen LogP) is 2.57. The molecule has 0 aliphatic heterocycles. The van der Waals surface area contributed by atoms with Crippen LogP contribution in [0.3, 0.4) is 0 Å². The van der Waals surface area contributed by atoms with Crippen molar-refractivity contribution in [3.63, 3.8) is 0 Å². The first-order valence-corrected chi connectivity index (χ1v) is 5.15. The van der Waals surface area contributed by atoms with E-state index in [1.807, 2.05) is 13.0 Å². The lowest BCUT2D eigenvalue weighted by Gasteiger charge is -2.07. The van der Waals surface area contributed by atoms with Crippen molar-refractivity contribution < 1.29 is 0 Å². The maximum absolute atomic E-state index is 6.28. The molecule has 2 aromatic heterocycles. The molecule has 0 aromatic carbocycles. The zero-order chi connectivity index (χ0) is 9.71. The first kappa shape index (κ1) is 8.24. The molecule has 14 heavy (non-hydrogen) atoms. The third-order valence-electron chi connectivity index (χ3n) is 2.69. The summed E-state index contributed by atoms with van der Waals surface area (Å²) in [6.45, 7) is 2.02. The van der Waals surface area contributed by atoms with Gasteiger partial charge in [-0.25, -0.2) is 9.50 Å². The van der Waals surface area contributed by atoms with Gasteiger partial charge in [0.05, 0.1) is 6.20 Å². The summed E-state index contributed by atoms with van der Waals surface area (Å²) in [6.07, 6.45) is 4.19. The fourth-order valence-corrected chi connectivity index (χ4v) is 2.28. The van der Waals surface area contributed by atoms with Crippen LogP contribution in [-0.4, -0.2) is 14.6 Å². The Labute approximate surface area is 86.7 Å². The van der Waals surface area contributed by atoms with E-state index in [-0.39, 0.29) is 0 Å². The SMILES string of the molecule is Cc1nc2ccnn2c(Cl)c1C1CC1. The third-order valence-corrected chi connectivity index (χ3v) is 3.05. The van der Waals surface area contributed by atoms with E-state index in [1.54, 1.807) is 10.7 Å². The highest BCUT2D eigenvalue weighted by molar-refractivity contribution is 6.30. The largest absolute Gasteiger partial charge is 0.233 e. The van der Waals surface area contributed by atoms with E-state index in [0.29, 0.717) is 5.92 Å². The maximum Gasteiger partial charge on any atom is 0.156 e. The van der Waals surface area contributed by atoms with Crippen LogP contribution < -0.4 is 0 Å². The van der Waals surface area contributed by atoms with E-state index in [9.17, 15) is 0 Å². The van der Waals surface area contributed by atoms with Crippen LogP contribution >= 0.6 is 11.6 Å². The van der Waals surface area contributed by atoms with Gasteiger partial charge in [0.1, 0.15) is 5.15 Å². The molecule has 0 unspecified atom stereocenters. The normalized spacial score (nSPS) is 16.4. The Kier molecular flexibility index (Phi) is 1.59. The zero-order valence-electron chi connectivity index (χ0n) is 7.87. The molecule has 1 aliphatic carbocycles. The minimum Gasteiger partial charge on any atom is -0.233 e. The molecule has 0 N–H and O–H groups in total. The number of fused-ring (bicyclic) bond motifs is 1. The molecule has 1 saturated carbocycles. The number of rotatable bonds is 1. The fraction of sp³-hybridized carbons (Fsp3) is 0.400. The van der Waals surface area contributed by atoms with Crippen LogP contribution in [0.5, 0.6) is 0 Å². The van der Waals surface area contributed by atoms with Crippen molar-refractivity contribution in [3.8, 4) is 0 Å². The molecule has 2 aromatic rings. The van der Waals surface area contributed by atoms with E-state index in [0.717, 1.165) is 16.5 Å². The number of aryl methyl sites for hydroxylation is 1. The van der Waals surface area contributed by atoms with Crippen LogP contribution in [0, 0.1) is 6.92 Å². The second kappa shape index (κ2) is 2.70. The van der Waals surface area contributed by atoms with Crippen molar-refractivity contribution in [1.82, 2.24) is 14.6 Å². The maximum atomic E-state index is 6.28. The van der Waals surface area contributed by atoms with Crippen LogP contribution in [0.2, 0.25) is 5.15 Å². The average Bonchev–Trinajstić information content (AvgIpc) is 2.84. The van der Waals surface area contributed by atoms with Gasteiger partial charge in [0.15, 0.2) is 5.65 Å². The molecule has 1 fully saturated rings. The summed E-state index contributed by atoms with van der Waals surface area (Å²) in [5.74, 6) is 0.614. The Morgan fingerprint density at radius 3 is 3.00 bits per heavy atom. The number of hydrogen-bond acceptors (Lipinski definition) is 2. The number of hydrogen-bond donors (Lipinski definition) is 0. The van der Waals surface area contributed by atoms with Gasteiger partial charge >= 0.3 is 0 Å². The molecule has 72 valence electrons. The first-order chi connectivity index (χ1) is 6.77. The topological polar surface area (TPSA) is 30.2 Å². The molecule has 0 spiro atoms. The minimum absolute atomic E-state index is 0.614. The van der Waals surface area contributed by atoms with Crippen LogP contribution in [0.1, 0.15) is 30.0 Å². The molecular formula is C10H10ClN3. The molecule has 3 rings (SSSR count). The second-order valence-corrected chi connectivity index (χ2v) is 4.14. The zero-order valence-corrected chi connectivity index (χ0v) is 8.62. The number of aromatic nitrogens is 3. The van der Waals surface area contributed by atoms with E-state index in [1.165, 1.54) is 18.4 Å². The van der Waals surface area contributed by atoms with E-state index in [4.69, 9.17) is 11.6 Å². The van der Waals surface area contributed by atoms with Crippen molar-refractivity contribution in [2.24, 2.45) is 0 Å². The van der Waals surface area contributed by atoms with E-state index in [2.05, 4.69) is 10.1 Å². The Balaban J connectivity index is 2.36. The average molecular weight is 208 g/mol. The Morgan fingerprint density at radius 1 is 1.50 bits per heavy atom. The quantitative estimate of drug-likeness (QED) is 0.673. The van der Waals surface area contributed by atoms with Gasteiger partial charge in [-0.2, -0.15) is 5.10 Å². The van der Waals surface area contributed by atoms with Crippen LogP contribution in [-0.2, 0) is 0 Å². The number of nitrogens with zero attached hydrogens (tertiary/aromatic N) is 3. The van der Waals surface area contributed by atoms with Crippen molar-refractivity contribution >= 4 is 17.2 Å². The molecule has 4 heteroatoms. The lowest BCUT2D eigenvalue weighted by molar-refractivity contribution is 0.892. The predicted molar refractivity (Wildman–Crippen MR) is 54.7 cm³/mol. The van der Waals surface area contributed by atoms with Crippen molar-refractivity contribution in [1.29, 1.82) is 0 Å². The molecule has 0 saturated heterocycles. The first-order valence-electron chi connectivity index (χ1n) is 4.77. The van der Waals surface area contributed by atoms with Gasteiger partial charge in [-0.3, -0.25) is 0 Å². The fourth-order valence-electron chi connectivity index (χ4n) is 1.86. The van der Waals surface area contributed by atoms with E-state index < -0.39 is 0 Å². The molecule has 1 aliphatic rings. The molecular weight excluding hydrogens is 198 g/mol. The lowest BCUT2D eigenvalue weighted by atomic mass is 10.1. The third kappa shape index (κ3) is 1.05. The van der Waals surface area contributed by atoms with Crippen LogP contribution in [0.4, 0.5) is 0 Å². The van der Waals surface area contributed by atoms with Gasteiger partial charge in [-0.1, -0.05) is 11.6 Å². The van der Waals surface area contributed by atoms with E-state index >= 15 is 0 Å². The van der Waals surface area contributed by atoms with Gasteiger partial charge in [-0.05, 0) is 25.7 Å². The van der Waals surface area contributed by atoms with Crippen LogP contribution in [0.25, 0.3) is 5.65 Å². The Bertz CT molecular complexity index is 499. The summed E-state index contributed by atoms with van der Waals surface area (Å²) in [4.78, 5) is 4.47. The summed E-state index contributed by atoms with van der Waals surface area (Å²) in [5.41, 5.74) is 3.06. The highest BCUT2D eigenvalue weighted by atomic mass is 35.5. The lowest BCUT2D eigenvalue weighted by Crippen LogP contribution is -2.00. The summed E-state index contributed by atoms with van der Waals surface area (Å²) in [7, 11) is 0. The standard InChI is InChI=1S/C10H10ClN3/c1-6-9(7-2-3-7)10(11)14-8(13-6)4-5-12-14/h4-5,7H,2-3H2,1H3.